The number of aromatic nitrogens is 1. The molecule has 1 amide bonds. The van der Waals surface area contributed by atoms with Crippen molar-refractivity contribution in [3.8, 4) is 17.2 Å². The van der Waals surface area contributed by atoms with Gasteiger partial charge in [-0.05, 0) is 39.9 Å². The van der Waals surface area contributed by atoms with Crippen molar-refractivity contribution in [2.75, 3.05) is 13.2 Å². The van der Waals surface area contributed by atoms with Crippen LogP contribution in [0.1, 0.15) is 34.4 Å². The average Bonchev–Trinajstić information content (AvgIpc) is 3.14. The Bertz CT molecular complexity index is 1100. The molecule has 4 rings (SSSR count). The lowest BCUT2D eigenvalue weighted by Gasteiger charge is -2.19. The third-order valence-electron chi connectivity index (χ3n) is 5.40. The molecule has 2 unspecified atom stereocenters. The number of aliphatic hydroxyl groups excluding tert-OH is 2. The minimum Gasteiger partial charge on any atom is -0.449 e. The zero-order chi connectivity index (χ0) is 21.8. The Kier molecular flexibility index (Phi) is 5.94. The van der Waals surface area contributed by atoms with Gasteiger partial charge in [-0.2, -0.15) is 5.26 Å². The van der Waals surface area contributed by atoms with Crippen molar-refractivity contribution in [1.82, 2.24) is 10.3 Å². The highest BCUT2D eigenvalue weighted by atomic mass is 16.5. The molecule has 1 aromatic heterocycles. The van der Waals surface area contributed by atoms with Crippen molar-refractivity contribution in [1.29, 1.82) is 5.26 Å². The minimum atomic E-state index is -1.27. The lowest BCUT2D eigenvalue weighted by Crippen LogP contribution is -2.36. The van der Waals surface area contributed by atoms with Crippen molar-refractivity contribution < 1.29 is 19.7 Å². The summed E-state index contributed by atoms with van der Waals surface area (Å²) in [5, 5.41) is 31.8. The van der Waals surface area contributed by atoms with E-state index in [4.69, 9.17) is 10.00 Å². The van der Waals surface area contributed by atoms with Crippen LogP contribution in [0.25, 0.3) is 11.1 Å². The van der Waals surface area contributed by atoms with E-state index in [1.807, 2.05) is 42.5 Å². The first kappa shape index (κ1) is 20.5. The second kappa shape index (κ2) is 8.96. The monoisotopic (exact) mass is 415 g/mol. The number of carbonyl (C=O) groups excluding carboxylic acids is 1. The fourth-order valence-corrected chi connectivity index (χ4v) is 3.86. The van der Waals surface area contributed by atoms with Crippen LogP contribution in [0, 0.1) is 11.3 Å². The first-order valence-corrected chi connectivity index (χ1v) is 9.89. The largest absolute Gasteiger partial charge is 0.449 e. The number of fused-ring (bicyclic) bond motifs is 3. The Balaban J connectivity index is 1.34. The quantitative estimate of drug-likeness (QED) is 0.570. The maximum Gasteiger partial charge on any atom is 0.407 e. The van der Waals surface area contributed by atoms with Crippen LogP contribution >= 0.6 is 0 Å². The van der Waals surface area contributed by atoms with Gasteiger partial charge in [-0.25, -0.2) is 9.78 Å². The Labute approximate surface area is 179 Å². The number of nitriles is 1. The van der Waals surface area contributed by atoms with Crippen LogP contribution in [-0.4, -0.2) is 40.5 Å². The Hall–Kier alpha value is -3.73. The third kappa shape index (κ3) is 4.26. The van der Waals surface area contributed by atoms with E-state index in [2.05, 4.69) is 22.4 Å². The summed E-state index contributed by atoms with van der Waals surface area (Å²) in [4.78, 5) is 16.0. The molecule has 0 spiro atoms. The molecule has 1 aliphatic rings. The molecule has 156 valence electrons. The predicted octanol–water partition coefficient (Wildman–Crippen LogP) is 2.89. The van der Waals surface area contributed by atoms with E-state index in [9.17, 15) is 15.0 Å². The number of alkyl carbamates (subject to hydrolysis) is 1. The molecule has 1 aliphatic carbocycles. The van der Waals surface area contributed by atoms with Gasteiger partial charge in [-0.15, -0.1) is 0 Å². The molecular formula is C24H21N3O4. The van der Waals surface area contributed by atoms with E-state index in [1.54, 1.807) is 0 Å². The van der Waals surface area contributed by atoms with E-state index in [-0.39, 0.29) is 24.8 Å². The molecule has 1 heterocycles. The maximum atomic E-state index is 12.2. The van der Waals surface area contributed by atoms with Gasteiger partial charge in [0.2, 0.25) is 0 Å². The van der Waals surface area contributed by atoms with Crippen molar-refractivity contribution in [3.63, 3.8) is 0 Å². The Morgan fingerprint density at radius 1 is 1.10 bits per heavy atom. The number of pyridine rings is 1. The van der Waals surface area contributed by atoms with Crippen LogP contribution in [0.2, 0.25) is 0 Å². The van der Waals surface area contributed by atoms with E-state index in [1.165, 1.54) is 18.3 Å². The minimum absolute atomic E-state index is 0.0603. The van der Waals surface area contributed by atoms with Gasteiger partial charge in [0.1, 0.15) is 30.6 Å². The highest BCUT2D eigenvalue weighted by molar-refractivity contribution is 5.79. The summed E-state index contributed by atoms with van der Waals surface area (Å²) in [6.45, 7) is -0.0452. The SMILES string of the molecule is N#Cc1cc(C(O)C(O)CNC(=O)OCC2c3ccccc3-c3ccccc32)ccn1. The molecule has 0 bridgehead atoms. The van der Waals surface area contributed by atoms with Crippen molar-refractivity contribution in [2.45, 2.75) is 18.1 Å². The second-order valence-electron chi connectivity index (χ2n) is 7.30. The van der Waals surface area contributed by atoms with E-state index < -0.39 is 18.3 Å². The van der Waals surface area contributed by atoms with Crippen LogP contribution < -0.4 is 5.32 Å². The fraction of sp³-hybridized carbons (Fsp3) is 0.208. The highest BCUT2D eigenvalue weighted by Crippen LogP contribution is 2.44. The molecule has 0 aliphatic heterocycles. The molecule has 31 heavy (non-hydrogen) atoms. The summed E-state index contributed by atoms with van der Waals surface area (Å²) in [7, 11) is 0. The normalized spacial score (nSPS) is 14.1. The number of ether oxygens (including phenoxy) is 1. The number of amides is 1. The van der Waals surface area contributed by atoms with Crippen LogP contribution in [0.3, 0.4) is 0 Å². The van der Waals surface area contributed by atoms with Crippen molar-refractivity contribution in [3.05, 3.63) is 89.2 Å². The zero-order valence-corrected chi connectivity index (χ0v) is 16.6. The first-order chi connectivity index (χ1) is 15.1. The van der Waals surface area contributed by atoms with Gasteiger partial charge in [0.15, 0.2) is 0 Å². The lowest BCUT2D eigenvalue weighted by atomic mass is 9.98. The molecule has 2 atom stereocenters. The summed E-state index contributed by atoms with van der Waals surface area (Å²) in [6.07, 6.45) is -1.85. The predicted molar refractivity (Wildman–Crippen MR) is 113 cm³/mol. The number of aliphatic hydroxyl groups is 2. The Morgan fingerprint density at radius 2 is 1.74 bits per heavy atom. The fourth-order valence-electron chi connectivity index (χ4n) is 3.86. The van der Waals surface area contributed by atoms with E-state index >= 15 is 0 Å². The van der Waals surface area contributed by atoms with Gasteiger partial charge in [0.05, 0.1) is 0 Å². The average molecular weight is 415 g/mol. The summed E-state index contributed by atoms with van der Waals surface area (Å²) in [6, 6.07) is 20.9. The number of benzene rings is 2. The number of hydrogen-bond donors (Lipinski definition) is 3. The zero-order valence-electron chi connectivity index (χ0n) is 16.6. The molecule has 3 N–H and O–H groups in total. The summed E-state index contributed by atoms with van der Waals surface area (Å²) < 4.78 is 5.42. The van der Waals surface area contributed by atoms with Gasteiger partial charge < -0.3 is 20.3 Å². The van der Waals surface area contributed by atoms with Crippen molar-refractivity contribution >= 4 is 6.09 Å². The molecule has 0 saturated heterocycles. The van der Waals surface area contributed by atoms with Crippen LogP contribution in [0.15, 0.2) is 66.9 Å². The standard InChI is InChI=1S/C24H21N3O4/c25-12-16-11-15(9-10-26-16)23(29)22(28)13-27-24(30)31-14-21-19-7-3-1-5-17(19)18-6-2-4-8-20(18)21/h1-11,21-23,28-29H,13-14H2,(H,27,30). The number of hydrogen-bond acceptors (Lipinski definition) is 6. The van der Waals surface area contributed by atoms with E-state index in [0.717, 1.165) is 22.3 Å². The van der Waals surface area contributed by atoms with Crippen molar-refractivity contribution in [2.24, 2.45) is 0 Å². The van der Waals surface area contributed by atoms with Gasteiger partial charge >= 0.3 is 6.09 Å². The number of nitrogens with one attached hydrogen (secondary N) is 1. The first-order valence-electron chi connectivity index (χ1n) is 9.89. The molecule has 0 saturated carbocycles. The Morgan fingerprint density at radius 3 is 2.39 bits per heavy atom. The van der Waals surface area contributed by atoms with Crippen LogP contribution in [0.4, 0.5) is 4.79 Å². The smallest absolute Gasteiger partial charge is 0.407 e. The summed E-state index contributed by atoms with van der Waals surface area (Å²) in [5.41, 5.74) is 4.97. The summed E-state index contributed by atoms with van der Waals surface area (Å²) >= 11 is 0. The van der Waals surface area contributed by atoms with Crippen LogP contribution in [0.5, 0.6) is 0 Å². The van der Waals surface area contributed by atoms with E-state index in [0.29, 0.717) is 5.56 Å². The lowest BCUT2D eigenvalue weighted by molar-refractivity contribution is 0.0185. The molecule has 7 heteroatoms. The molecule has 3 aromatic rings. The number of nitrogens with zero attached hydrogens (tertiary/aromatic N) is 2. The van der Waals surface area contributed by atoms with Gasteiger partial charge in [-0.3, -0.25) is 0 Å². The number of carbonyl (C=O) groups is 1. The summed E-state index contributed by atoms with van der Waals surface area (Å²) in [5.74, 6) is -0.0603. The molecular weight excluding hydrogens is 394 g/mol. The van der Waals surface area contributed by atoms with Crippen LogP contribution in [-0.2, 0) is 4.74 Å². The third-order valence-corrected chi connectivity index (χ3v) is 5.40. The number of rotatable bonds is 6. The highest BCUT2D eigenvalue weighted by Gasteiger charge is 2.29. The molecule has 2 aromatic carbocycles. The van der Waals surface area contributed by atoms with Gasteiger partial charge in [0.25, 0.3) is 0 Å². The van der Waals surface area contributed by atoms with Gasteiger partial charge in [-0.1, -0.05) is 48.5 Å². The molecule has 0 fully saturated rings. The molecule has 0 radical (unpaired) electrons. The molecule has 7 nitrogen and oxygen atoms in total. The second-order valence-corrected chi connectivity index (χ2v) is 7.30. The maximum absolute atomic E-state index is 12.2. The topological polar surface area (TPSA) is 115 Å². The van der Waals surface area contributed by atoms with Gasteiger partial charge in [0, 0.05) is 18.7 Å².